The fraction of sp³-hybridized carbons (Fsp3) is 0.300. The summed E-state index contributed by atoms with van der Waals surface area (Å²) >= 11 is 0. The summed E-state index contributed by atoms with van der Waals surface area (Å²) in [5.74, 6) is -0.807. The zero-order chi connectivity index (χ0) is 23.3. The number of benzene rings is 1. The van der Waals surface area contributed by atoms with Gasteiger partial charge in [-0.1, -0.05) is 0 Å². The Morgan fingerprint density at radius 1 is 1.31 bits per heavy atom. The number of nitrogens with one attached hydrogen (secondary N) is 2. The largest absolute Gasteiger partial charge is 0.573 e. The number of rotatable bonds is 5. The highest BCUT2D eigenvalue weighted by Gasteiger charge is 2.31. The topological polar surface area (TPSA) is 118 Å². The number of aromatic nitrogens is 5. The Balaban J connectivity index is 1.76. The molecule has 4 aromatic rings. The number of aliphatic hydroxyl groups is 1. The lowest BCUT2D eigenvalue weighted by Gasteiger charge is -2.23. The summed E-state index contributed by atoms with van der Waals surface area (Å²) in [5.41, 5.74) is 1.20. The van der Waals surface area contributed by atoms with Crippen LogP contribution in [-0.4, -0.2) is 54.3 Å². The SMILES string of the molecule is Cn1nc(-c2cnc3[nH]cc(C(=O)NC(C)(C)CO)c3n2)c2ccc(OC(F)(F)F)cc21. The first-order valence-corrected chi connectivity index (χ1v) is 9.48. The molecule has 1 aromatic carbocycles. The Labute approximate surface area is 179 Å². The number of nitrogens with zero attached hydrogens (tertiary/aromatic N) is 4. The summed E-state index contributed by atoms with van der Waals surface area (Å²) in [6, 6.07) is 3.88. The number of aliphatic hydroxyl groups excluding tert-OH is 1. The number of aromatic amines is 1. The van der Waals surface area contributed by atoms with E-state index in [-0.39, 0.29) is 17.9 Å². The molecule has 0 radical (unpaired) electrons. The van der Waals surface area contributed by atoms with Crippen LogP contribution >= 0.6 is 0 Å². The molecular weight excluding hydrogens is 429 g/mol. The first-order chi connectivity index (χ1) is 15.0. The first-order valence-electron chi connectivity index (χ1n) is 9.48. The predicted molar refractivity (Wildman–Crippen MR) is 109 cm³/mol. The molecule has 12 heteroatoms. The van der Waals surface area contributed by atoms with Gasteiger partial charge in [-0.2, -0.15) is 5.10 Å². The zero-order valence-corrected chi connectivity index (χ0v) is 17.3. The van der Waals surface area contributed by atoms with Crippen LogP contribution in [0.4, 0.5) is 13.2 Å². The Morgan fingerprint density at radius 2 is 2.06 bits per heavy atom. The number of amides is 1. The second-order valence-electron chi connectivity index (χ2n) is 7.85. The van der Waals surface area contributed by atoms with E-state index in [9.17, 15) is 23.1 Å². The molecule has 0 aliphatic rings. The number of carbonyl (C=O) groups is 1. The molecule has 1 amide bonds. The number of hydrogen-bond acceptors (Lipinski definition) is 6. The smallest absolute Gasteiger partial charge is 0.406 e. The maximum Gasteiger partial charge on any atom is 0.573 e. The van der Waals surface area contributed by atoms with Gasteiger partial charge in [0.25, 0.3) is 5.91 Å². The molecule has 9 nitrogen and oxygen atoms in total. The van der Waals surface area contributed by atoms with Crippen LogP contribution in [0.25, 0.3) is 33.5 Å². The van der Waals surface area contributed by atoms with E-state index in [1.165, 1.54) is 35.3 Å². The van der Waals surface area contributed by atoms with Gasteiger partial charge in [-0.05, 0) is 26.0 Å². The summed E-state index contributed by atoms with van der Waals surface area (Å²) in [6.07, 6.45) is -1.88. The third-order valence-corrected chi connectivity index (χ3v) is 4.77. The minimum atomic E-state index is -4.80. The van der Waals surface area contributed by atoms with Crippen molar-refractivity contribution >= 4 is 28.0 Å². The van der Waals surface area contributed by atoms with Gasteiger partial charge in [0.2, 0.25) is 0 Å². The summed E-state index contributed by atoms with van der Waals surface area (Å²) in [6.45, 7) is 3.10. The van der Waals surface area contributed by atoms with Gasteiger partial charge in [0, 0.05) is 24.7 Å². The van der Waals surface area contributed by atoms with E-state index in [1.807, 2.05) is 0 Å². The first kappa shape index (κ1) is 21.6. The van der Waals surface area contributed by atoms with Crippen molar-refractivity contribution in [2.24, 2.45) is 7.05 Å². The van der Waals surface area contributed by atoms with Crippen molar-refractivity contribution in [3.63, 3.8) is 0 Å². The van der Waals surface area contributed by atoms with Gasteiger partial charge in [0.15, 0.2) is 5.65 Å². The molecule has 0 fully saturated rings. The van der Waals surface area contributed by atoms with Crippen molar-refractivity contribution in [3.05, 3.63) is 36.2 Å². The molecular formula is C20H19F3N6O3. The van der Waals surface area contributed by atoms with Crippen LogP contribution < -0.4 is 10.1 Å². The highest BCUT2D eigenvalue weighted by molar-refractivity contribution is 6.05. The Bertz CT molecular complexity index is 1330. The lowest BCUT2D eigenvalue weighted by atomic mass is 10.1. The lowest BCUT2D eigenvalue weighted by molar-refractivity contribution is -0.274. The molecule has 3 heterocycles. The lowest BCUT2D eigenvalue weighted by Crippen LogP contribution is -2.46. The van der Waals surface area contributed by atoms with E-state index in [4.69, 9.17) is 0 Å². The fourth-order valence-electron chi connectivity index (χ4n) is 3.22. The van der Waals surface area contributed by atoms with Crippen molar-refractivity contribution in [3.8, 4) is 17.1 Å². The summed E-state index contributed by atoms with van der Waals surface area (Å²) in [5, 5.41) is 17.0. The highest BCUT2D eigenvalue weighted by Crippen LogP contribution is 2.32. The van der Waals surface area contributed by atoms with Crippen LogP contribution in [0.15, 0.2) is 30.6 Å². The second kappa shape index (κ2) is 7.48. The molecule has 4 rings (SSSR count). The molecule has 0 saturated carbocycles. The quantitative estimate of drug-likeness (QED) is 0.432. The van der Waals surface area contributed by atoms with Crippen LogP contribution in [0, 0.1) is 0 Å². The van der Waals surface area contributed by atoms with Crippen molar-refractivity contribution in [2.75, 3.05) is 6.61 Å². The number of halogens is 3. The van der Waals surface area contributed by atoms with Gasteiger partial charge in [-0.15, -0.1) is 13.2 Å². The molecule has 0 spiro atoms. The number of hydrogen-bond donors (Lipinski definition) is 3. The molecule has 0 bridgehead atoms. The van der Waals surface area contributed by atoms with Crippen LogP contribution in [0.1, 0.15) is 24.2 Å². The highest BCUT2D eigenvalue weighted by atomic mass is 19.4. The standard InChI is InChI=1S/C20H19F3N6O3/c1-19(2,9-30)27-18(31)12-7-24-17-16(12)26-13(8-25-17)15-11-5-4-10(32-20(21,22)23)6-14(11)29(3)28-15/h4-8,30H,9H2,1-3H3,(H,24,25)(H,27,31). The molecule has 0 atom stereocenters. The van der Waals surface area contributed by atoms with E-state index in [0.29, 0.717) is 33.5 Å². The average molecular weight is 448 g/mol. The summed E-state index contributed by atoms with van der Waals surface area (Å²) in [4.78, 5) is 24.4. The van der Waals surface area contributed by atoms with E-state index in [0.717, 1.165) is 0 Å². The van der Waals surface area contributed by atoms with Gasteiger partial charge in [0.05, 0.1) is 29.4 Å². The van der Waals surface area contributed by atoms with E-state index in [1.54, 1.807) is 20.9 Å². The zero-order valence-electron chi connectivity index (χ0n) is 17.3. The maximum atomic E-state index is 12.7. The Kier molecular flexibility index (Phi) is 5.04. The van der Waals surface area contributed by atoms with Crippen molar-refractivity contribution in [2.45, 2.75) is 25.7 Å². The molecule has 0 unspecified atom stereocenters. The number of fused-ring (bicyclic) bond motifs is 2. The monoisotopic (exact) mass is 448 g/mol. The minimum absolute atomic E-state index is 0.233. The van der Waals surface area contributed by atoms with Crippen molar-refractivity contribution in [1.82, 2.24) is 30.0 Å². The molecule has 0 aliphatic heterocycles. The summed E-state index contributed by atoms with van der Waals surface area (Å²) < 4.78 is 43.0. The van der Waals surface area contributed by atoms with Crippen molar-refractivity contribution < 1.29 is 27.8 Å². The normalized spacial score (nSPS) is 12.5. The average Bonchev–Trinajstić information content (AvgIpc) is 3.27. The van der Waals surface area contributed by atoms with Crippen LogP contribution in [0.2, 0.25) is 0 Å². The minimum Gasteiger partial charge on any atom is -0.406 e. The number of aryl methyl sites for hydroxylation is 1. The molecule has 32 heavy (non-hydrogen) atoms. The van der Waals surface area contributed by atoms with Gasteiger partial charge in [-0.3, -0.25) is 9.48 Å². The molecule has 0 saturated heterocycles. The summed E-state index contributed by atoms with van der Waals surface area (Å²) in [7, 11) is 1.58. The number of ether oxygens (including phenoxy) is 1. The number of carbonyl (C=O) groups excluding carboxylic acids is 1. The second-order valence-corrected chi connectivity index (χ2v) is 7.85. The fourth-order valence-corrected chi connectivity index (χ4v) is 3.22. The van der Waals surface area contributed by atoms with Gasteiger partial charge in [0.1, 0.15) is 22.7 Å². The van der Waals surface area contributed by atoms with Crippen LogP contribution in [-0.2, 0) is 7.05 Å². The predicted octanol–water partition coefficient (Wildman–Crippen LogP) is 2.91. The van der Waals surface area contributed by atoms with E-state index >= 15 is 0 Å². The molecule has 3 aromatic heterocycles. The maximum absolute atomic E-state index is 12.7. The molecule has 3 N–H and O–H groups in total. The third-order valence-electron chi connectivity index (χ3n) is 4.77. The van der Waals surface area contributed by atoms with Crippen molar-refractivity contribution in [1.29, 1.82) is 0 Å². The Hall–Kier alpha value is -3.67. The number of H-pyrrole nitrogens is 1. The van der Waals surface area contributed by atoms with Gasteiger partial charge < -0.3 is 20.1 Å². The van der Waals surface area contributed by atoms with Gasteiger partial charge in [-0.25, -0.2) is 9.97 Å². The number of alkyl halides is 3. The van der Waals surface area contributed by atoms with E-state index in [2.05, 4.69) is 30.1 Å². The van der Waals surface area contributed by atoms with E-state index < -0.39 is 17.8 Å². The third kappa shape index (κ3) is 4.08. The van der Waals surface area contributed by atoms with Crippen LogP contribution in [0.5, 0.6) is 5.75 Å². The molecule has 168 valence electrons. The van der Waals surface area contributed by atoms with Crippen LogP contribution in [0.3, 0.4) is 0 Å². The Morgan fingerprint density at radius 3 is 2.75 bits per heavy atom. The van der Waals surface area contributed by atoms with Gasteiger partial charge >= 0.3 is 6.36 Å². The molecule has 0 aliphatic carbocycles.